The van der Waals surface area contributed by atoms with Gasteiger partial charge in [-0.15, -0.1) is 0 Å². The van der Waals surface area contributed by atoms with Crippen LogP contribution in [-0.2, 0) is 11.2 Å². The monoisotopic (exact) mass is 310 g/mol. The molecule has 0 aromatic heterocycles. The highest BCUT2D eigenvalue weighted by Gasteiger charge is 2.36. The van der Waals surface area contributed by atoms with Crippen molar-refractivity contribution in [3.05, 3.63) is 28.8 Å². The minimum absolute atomic E-state index is 0.108. The average Bonchev–Trinajstić information content (AvgIpc) is 2.90. The summed E-state index contributed by atoms with van der Waals surface area (Å²) in [4.78, 5) is 12.2. The van der Waals surface area contributed by atoms with Gasteiger partial charge < -0.3 is 10.1 Å². The first-order valence-corrected chi connectivity index (χ1v) is 7.75. The standard InChI is InChI=1S/C14H15ClN2O2S/c1-19-12-4-2-3-11(15)10(12)7-13(18)17-14(8-16)5-6-20-9-14/h2-4H,5-7,9H2,1H3,(H,17,18)/t14-/m0/s1. The number of amides is 1. The molecule has 1 aliphatic rings. The zero-order valence-electron chi connectivity index (χ0n) is 11.1. The Bertz CT molecular complexity index is 551. The van der Waals surface area contributed by atoms with Crippen molar-refractivity contribution in [3.63, 3.8) is 0 Å². The number of methoxy groups -OCH3 is 1. The number of benzene rings is 1. The molecule has 1 fully saturated rings. The Morgan fingerprint density at radius 2 is 2.45 bits per heavy atom. The van der Waals surface area contributed by atoms with E-state index in [1.54, 1.807) is 30.0 Å². The molecule has 0 bridgehead atoms. The van der Waals surface area contributed by atoms with Gasteiger partial charge in [0.2, 0.25) is 5.91 Å². The fourth-order valence-corrected chi connectivity index (χ4v) is 3.65. The minimum atomic E-state index is -0.740. The van der Waals surface area contributed by atoms with Gasteiger partial charge in [0.1, 0.15) is 11.3 Å². The maximum absolute atomic E-state index is 12.2. The highest BCUT2D eigenvalue weighted by Crippen LogP contribution is 2.29. The molecule has 1 amide bonds. The fourth-order valence-electron chi connectivity index (χ4n) is 2.15. The third kappa shape index (κ3) is 3.20. The summed E-state index contributed by atoms with van der Waals surface area (Å²) < 4.78 is 5.21. The Balaban J connectivity index is 2.11. The van der Waals surface area contributed by atoms with Crippen LogP contribution in [0.5, 0.6) is 5.75 Å². The molecule has 0 saturated carbocycles. The quantitative estimate of drug-likeness (QED) is 0.927. The largest absolute Gasteiger partial charge is 0.496 e. The zero-order valence-corrected chi connectivity index (χ0v) is 12.7. The van der Waals surface area contributed by atoms with Crippen molar-refractivity contribution < 1.29 is 9.53 Å². The molecule has 0 spiro atoms. The Kier molecular flexibility index (Phi) is 4.79. The third-order valence-corrected chi connectivity index (χ3v) is 4.79. The third-order valence-electron chi connectivity index (χ3n) is 3.25. The number of carbonyl (C=O) groups is 1. The van der Waals surface area contributed by atoms with Gasteiger partial charge in [0.05, 0.1) is 19.6 Å². The summed E-state index contributed by atoms with van der Waals surface area (Å²) in [6, 6.07) is 7.48. The molecule has 0 aliphatic carbocycles. The molecule has 20 heavy (non-hydrogen) atoms. The number of hydrogen-bond donors (Lipinski definition) is 1. The number of nitrogens with one attached hydrogen (secondary N) is 1. The van der Waals surface area contributed by atoms with Crippen molar-refractivity contribution in [2.24, 2.45) is 0 Å². The molecule has 2 rings (SSSR count). The van der Waals surface area contributed by atoms with Gasteiger partial charge in [-0.1, -0.05) is 17.7 Å². The highest BCUT2D eigenvalue weighted by atomic mass is 35.5. The van der Waals surface area contributed by atoms with Crippen LogP contribution in [0.4, 0.5) is 0 Å². The highest BCUT2D eigenvalue weighted by molar-refractivity contribution is 7.99. The summed E-state index contributed by atoms with van der Waals surface area (Å²) in [6.07, 6.45) is 0.788. The molecule has 106 valence electrons. The van der Waals surface area contributed by atoms with Gasteiger partial charge in [-0.05, 0) is 24.3 Å². The molecule has 0 radical (unpaired) electrons. The van der Waals surface area contributed by atoms with Gasteiger partial charge >= 0.3 is 0 Å². The summed E-state index contributed by atoms with van der Waals surface area (Å²) in [6.45, 7) is 0. The molecule has 1 aromatic rings. The van der Waals surface area contributed by atoms with Gasteiger partial charge in [0.15, 0.2) is 0 Å². The predicted octanol–water partition coefficient (Wildman–Crippen LogP) is 2.41. The van der Waals surface area contributed by atoms with Crippen LogP contribution >= 0.6 is 23.4 Å². The number of carbonyl (C=O) groups excluding carboxylic acids is 1. The van der Waals surface area contributed by atoms with Crippen molar-refractivity contribution in [3.8, 4) is 11.8 Å². The molecule has 1 saturated heterocycles. The molecule has 1 aliphatic heterocycles. The Morgan fingerprint density at radius 3 is 3.05 bits per heavy atom. The smallest absolute Gasteiger partial charge is 0.225 e. The van der Waals surface area contributed by atoms with Crippen molar-refractivity contribution in [1.29, 1.82) is 5.26 Å². The second-order valence-corrected chi connectivity index (χ2v) is 6.15. The lowest BCUT2D eigenvalue weighted by atomic mass is 10.0. The first-order valence-electron chi connectivity index (χ1n) is 6.21. The summed E-state index contributed by atoms with van der Waals surface area (Å²) in [5.41, 5.74) is -0.0936. The number of ether oxygens (including phenoxy) is 1. The van der Waals surface area contributed by atoms with E-state index >= 15 is 0 Å². The van der Waals surface area contributed by atoms with Gasteiger partial charge in [-0.25, -0.2) is 0 Å². The van der Waals surface area contributed by atoms with Gasteiger partial charge in [-0.3, -0.25) is 4.79 Å². The number of thioether (sulfide) groups is 1. The van der Waals surface area contributed by atoms with Crippen molar-refractivity contribution in [1.82, 2.24) is 5.32 Å². The SMILES string of the molecule is COc1cccc(Cl)c1CC(=O)N[C@]1(C#N)CCSC1. The molecular weight excluding hydrogens is 296 g/mol. The molecule has 1 heterocycles. The van der Waals surface area contributed by atoms with Crippen molar-refractivity contribution in [2.45, 2.75) is 18.4 Å². The molecule has 1 atom stereocenters. The molecule has 1 aromatic carbocycles. The maximum Gasteiger partial charge on any atom is 0.225 e. The first-order chi connectivity index (χ1) is 9.60. The van der Waals surface area contributed by atoms with E-state index in [0.717, 1.165) is 5.75 Å². The van der Waals surface area contributed by atoms with Crippen LogP contribution < -0.4 is 10.1 Å². The lowest BCUT2D eigenvalue weighted by Crippen LogP contribution is -2.48. The number of rotatable bonds is 4. The number of halogens is 1. The number of nitrogens with zero attached hydrogens (tertiary/aromatic N) is 1. The van der Waals surface area contributed by atoms with E-state index < -0.39 is 5.54 Å². The second-order valence-electron chi connectivity index (χ2n) is 4.64. The summed E-state index contributed by atoms with van der Waals surface area (Å²) in [5, 5.41) is 12.6. The molecule has 1 N–H and O–H groups in total. The molecule has 0 unspecified atom stereocenters. The molecular formula is C14H15ClN2O2S. The normalized spacial score (nSPS) is 21.2. The van der Waals surface area contributed by atoms with E-state index in [4.69, 9.17) is 16.3 Å². The van der Waals surface area contributed by atoms with E-state index in [2.05, 4.69) is 11.4 Å². The van der Waals surface area contributed by atoms with Crippen LogP contribution in [0.1, 0.15) is 12.0 Å². The van der Waals surface area contributed by atoms with E-state index in [1.807, 2.05) is 0 Å². The van der Waals surface area contributed by atoms with E-state index in [9.17, 15) is 10.1 Å². The molecule has 4 nitrogen and oxygen atoms in total. The zero-order chi connectivity index (χ0) is 14.6. The maximum atomic E-state index is 12.2. The van der Waals surface area contributed by atoms with Crippen molar-refractivity contribution >= 4 is 29.3 Å². The van der Waals surface area contributed by atoms with E-state index in [1.165, 1.54) is 7.11 Å². The average molecular weight is 311 g/mol. The van der Waals surface area contributed by atoms with Gasteiger partial charge in [0, 0.05) is 16.3 Å². The van der Waals surface area contributed by atoms with Gasteiger partial charge in [0.25, 0.3) is 0 Å². The van der Waals surface area contributed by atoms with Crippen LogP contribution in [0.25, 0.3) is 0 Å². The first kappa shape index (κ1) is 15.0. The Hall–Kier alpha value is -1.38. The predicted molar refractivity (Wildman–Crippen MR) is 80.1 cm³/mol. The van der Waals surface area contributed by atoms with E-state index in [0.29, 0.717) is 28.5 Å². The number of nitriles is 1. The fraction of sp³-hybridized carbons (Fsp3) is 0.429. The van der Waals surface area contributed by atoms with Crippen LogP contribution in [0.15, 0.2) is 18.2 Å². The van der Waals surface area contributed by atoms with Crippen LogP contribution in [-0.4, -0.2) is 30.1 Å². The van der Waals surface area contributed by atoms with Crippen LogP contribution in [0.2, 0.25) is 5.02 Å². The van der Waals surface area contributed by atoms with Gasteiger partial charge in [-0.2, -0.15) is 17.0 Å². The van der Waals surface area contributed by atoms with Crippen molar-refractivity contribution in [2.75, 3.05) is 18.6 Å². The minimum Gasteiger partial charge on any atom is -0.496 e. The summed E-state index contributed by atoms with van der Waals surface area (Å²) in [7, 11) is 1.54. The lowest BCUT2D eigenvalue weighted by Gasteiger charge is -2.21. The summed E-state index contributed by atoms with van der Waals surface area (Å²) >= 11 is 7.79. The van der Waals surface area contributed by atoms with Crippen LogP contribution in [0, 0.1) is 11.3 Å². The Morgan fingerprint density at radius 1 is 1.65 bits per heavy atom. The molecule has 6 heteroatoms. The van der Waals surface area contributed by atoms with Crippen LogP contribution in [0.3, 0.4) is 0 Å². The lowest BCUT2D eigenvalue weighted by molar-refractivity contribution is -0.121. The summed E-state index contributed by atoms with van der Waals surface area (Å²) in [5.74, 6) is 1.90. The second kappa shape index (κ2) is 6.38. The number of hydrogen-bond acceptors (Lipinski definition) is 4. The Labute approximate surface area is 127 Å². The van der Waals surface area contributed by atoms with E-state index in [-0.39, 0.29) is 12.3 Å². The topological polar surface area (TPSA) is 62.1 Å².